The number of nitrogens with zero attached hydrogens (tertiary/aromatic N) is 3. The summed E-state index contributed by atoms with van der Waals surface area (Å²) in [5, 5.41) is 16.7. The van der Waals surface area contributed by atoms with Crippen molar-refractivity contribution in [3.05, 3.63) is 11.4 Å². The first kappa shape index (κ1) is 8.22. The van der Waals surface area contributed by atoms with E-state index in [1.54, 1.807) is 11.7 Å². The van der Waals surface area contributed by atoms with Gasteiger partial charge in [0.2, 0.25) is 0 Å². The van der Waals surface area contributed by atoms with Gasteiger partial charge < -0.3 is 5.11 Å². The van der Waals surface area contributed by atoms with E-state index in [-0.39, 0.29) is 5.92 Å². The summed E-state index contributed by atoms with van der Waals surface area (Å²) in [7, 11) is 1.80. The lowest BCUT2D eigenvalue weighted by Crippen LogP contribution is -2.23. The molecule has 2 rings (SSSR count). The maximum Gasteiger partial charge on any atom is 0.306 e. The highest BCUT2D eigenvalue weighted by molar-refractivity contribution is 5.70. The molecule has 0 unspecified atom stereocenters. The highest BCUT2D eigenvalue weighted by Gasteiger charge is 2.27. The predicted octanol–water partition coefficient (Wildman–Crippen LogP) is 0.00460. The molecule has 0 radical (unpaired) electrons. The number of fused-ring (bicyclic) bond motifs is 1. The smallest absolute Gasteiger partial charge is 0.306 e. The van der Waals surface area contributed by atoms with Crippen LogP contribution in [0.4, 0.5) is 0 Å². The van der Waals surface area contributed by atoms with Crippen LogP contribution >= 0.6 is 0 Å². The van der Waals surface area contributed by atoms with Crippen molar-refractivity contribution in [1.82, 2.24) is 15.0 Å². The lowest BCUT2D eigenvalue weighted by atomic mass is 9.90. The number of hydrogen-bond acceptors (Lipinski definition) is 3. The van der Waals surface area contributed by atoms with E-state index in [1.807, 2.05) is 0 Å². The molecule has 0 saturated carbocycles. The van der Waals surface area contributed by atoms with Crippen LogP contribution in [0.1, 0.15) is 17.8 Å². The molecule has 1 aliphatic carbocycles. The van der Waals surface area contributed by atoms with Crippen LogP contribution in [0.2, 0.25) is 0 Å². The van der Waals surface area contributed by atoms with E-state index < -0.39 is 5.97 Å². The van der Waals surface area contributed by atoms with Gasteiger partial charge >= 0.3 is 5.97 Å². The maximum atomic E-state index is 10.7. The monoisotopic (exact) mass is 181 g/mol. The number of rotatable bonds is 1. The first-order valence-electron chi connectivity index (χ1n) is 4.28. The summed E-state index contributed by atoms with van der Waals surface area (Å²) in [4.78, 5) is 10.7. The van der Waals surface area contributed by atoms with Crippen molar-refractivity contribution < 1.29 is 9.90 Å². The normalized spacial score (nSPS) is 21.2. The second-order valence-corrected chi connectivity index (χ2v) is 3.38. The van der Waals surface area contributed by atoms with E-state index in [2.05, 4.69) is 10.3 Å². The average Bonchev–Trinajstić information content (AvgIpc) is 2.47. The molecule has 1 aromatic heterocycles. The molecule has 1 atom stereocenters. The largest absolute Gasteiger partial charge is 0.481 e. The van der Waals surface area contributed by atoms with Crippen LogP contribution in [0.3, 0.4) is 0 Å². The molecule has 1 heterocycles. The Bertz CT molecular complexity index is 345. The van der Waals surface area contributed by atoms with Crippen LogP contribution in [0.5, 0.6) is 0 Å². The van der Waals surface area contributed by atoms with Gasteiger partial charge in [-0.1, -0.05) is 5.21 Å². The fourth-order valence-electron chi connectivity index (χ4n) is 1.72. The number of carboxylic acid groups (broad SMARTS) is 1. The minimum absolute atomic E-state index is 0.260. The van der Waals surface area contributed by atoms with Crippen LogP contribution in [0.25, 0.3) is 0 Å². The van der Waals surface area contributed by atoms with Crippen molar-refractivity contribution in [1.29, 1.82) is 0 Å². The molecule has 5 heteroatoms. The zero-order valence-electron chi connectivity index (χ0n) is 7.40. The SMILES string of the molecule is Cn1nnc2c1C[C@@H](C(=O)O)CC2. The number of aliphatic carboxylic acids is 1. The average molecular weight is 181 g/mol. The summed E-state index contributed by atoms with van der Waals surface area (Å²) < 4.78 is 1.67. The van der Waals surface area contributed by atoms with Crippen LogP contribution < -0.4 is 0 Å². The fraction of sp³-hybridized carbons (Fsp3) is 0.625. The van der Waals surface area contributed by atoms with Crippen LogP contribution in [0.15, 0.2) is 0 Å². The Labute approximate surface area is 75.4 Å². The predicted molar refractivity (Wildman–Crippen MR) is 44.2 cm³/mol. The summed E-state index contributed by atoms with van der Waals surface area (Å²) in [5.41, 5.74) is 1.93. The molecule has 0 bridgehead atoms. The topological polar surface area (TPSA) is 68.0 Å². The highest BCUT2D eigenvalue weighted by atomic mass is 16.4. The summed E-state index contributed by atoms with van der Waals surface area (Å²) >= 11 is 0. The van der Waals surface area contributed by atoms with Gasteiger partial charge in [-0.05, 0) is 12.8 Å². The van der Waals surface area contributed by atoms with Crippen LogP contribution in [-0.4, -0.2) is 26.1 Å². The molecule has 0 fully saturated rings. The molecule has 0 saturated heterocycles. The molecule has 0 aromatic carbocycles. The van der Waals surface area contributed by atoms with Crippen molar-refractivity contribution >= 4 is 5.97 Å². The first-order chi connectivity index (χ1) is 6.18. The minimum atomic E-state index is -0.716. The number of hydrogen-bond donors (Lipinski definition) is 1. The third-order valence-electron chi connectivity index (χ3n) is 2.54. The summed E-state index contributed by atoms with van der Waals surface area (Å²) in [6.45, 7) is 0. The molecule has 1 aromatic rings. The third kappa shape index (κ3) is 1.30. The summed E-state index contributed by atoms with van der Waals surface area (Å²) in [6.07, 6.45) is 1.98. The Morgan fingerprint density at radius 1 is 1.69 bits per heavy atom. The molecule has 0 aliphatic heterocycles. The summed E-state index contributed by atoms with van der Waals surface area (Å²) in [6, 6.07) is 0. The van der Waals surface area contributed by atoms with Gasteiger partial charge in [0.25, 0.3) is 0 Å². The lowest BCUT2D eigenvalue weighted by Gasteiger charge is -2.17. The van der Waals surface area contributed by atoms with Crippen molar-refractivity contribution in [3.8, 4) is 0 Å². The second kappa shape index (κ2) is 2.83. The maximum absolute atomic E-state index is 10.7. The number of aromatic nitrogens is 3. The van der Waals surface area contributed by atoms with Crippen molar-refractivity contribution in [3.63, 3.8) is 0 Å². The Kier molecular flexibility index (Phi) is 1.79. The van der Waals surface area contributed by atoms with E-state index in [9.17, 15) is 4.79 Å². The second-order valence-electron chi connectivity index (χ2n) is 3.38. The molecule has 5 nitrogen and oxygen atoms in total. The van der Waals surface area contributed by atoms with E-state index in [1.165, 1.54) is 0 Å². The van der Waals surface area contributed by atoms with Crippen molar-refractivity contribution in [2.75, 3.05) is 0 Å². The molecular weight excluding hydrogens is 170 g/mol. The lowest BCUT2D eigenvalue weighted by molar-refractivity contribution is -0.142. The molecule has 13 heavy (non-hydrogen) atoms. The van der Waals surface area contributed by atoms with Crippen molar-refractivity contribution in [2.45, 2.75) is 19.3 Å². The molecule has 0 spiro atoms. The van der Waals surface area contributed by atoms with Gasteiger partial charge in [-0.25, -0.2) is 0 Å². The van der Waals surface area contributed by atoms with E-state index in [0.717, 1.165) is 17.8 Å². The van der Waals surface area contributed by atoms with Gasteiger partial charge in [-0.15, -0.1) is 5.10 Å². The van der Waals surface area contributed by atoms with Gasteiger partial charge in [0.1, 0.15) is 0 Å². The quantitative estimate of drug-likeness (QED) is 0.662. The first-order valence-corrected chi connectivity index (χ1v) is 4.28. The minimum Gasteiger partial charge on any atom is -0.481 e. The fourth-order valence-corrected chi connectivity index (χ4v) is 1.72. The van der Waals surface area contributed by atoms with Crippen LogP contribution in [0, 0.1) is 5.92 Å². The Hall–Kier alpha value is -1.39. The summed E-state index contributed by atoms with van der Waals surface area (Å²) in [5.74, 6) is -0.975. The van der Waals surface area contributed by atoms with E-state index >= 15 is 0 Å². The van der Waals surface area contributed by atoms with Gasteiger partial charge in [-0.2, -0.15) is 0 Å². The van der Waals surface area contributed by atoms with Crippen LogP contribution in [-0.2, 0) is 24.7 Å². The Morgan fingerprint density at radius 2 is 2.46 bits per heavy atom. The van der Waals surface area contributed by atoms with E-state index in [0.29, 0.717) is 12.8 Å². The zero-order valence-corrected chi connectivity index (χ0v) is 7.40. The highest BCUT2D eigenvalue weighted by Crippen LogP contribution is 2.23. The number of aryl methyl sites for hydroxylation is 2. The molecule has 0 amide bonds. The van der Waals surface area contributed by atoms with E-state index in [4.69, 9.17) is 5.11 Å². The molecular formula is C8H11N3O2. The van der Waals surface area contributed by atoms with Gasteiger partial charge in [0, 0.05) is 13.5 Å². The molecule has 1 aliphatic rings. The number of carbonyl (C=O) groups is 1. The van der Waals surface area contributed by atoms with Gasteiger partial charge in [-0.3, -0.25) is 9.48 Å². The molecule has 1 N–H and O–H groups in total. The Morgan fingerprint density at radius 3 is 3.15 bits per heavy atom. The standard InChI is InChI=1S/C8H11N3O2/c1-11-7-4-5(8(12)13)2-3-6(7)9-10-11/h5H,2-4H2,1H3,(H,12,13)/t5-/m0/s1. The third-order valence-corrected chi connectivity index (χ3v) is 2.54. The van der Waals surface area contributed by atoms with Gasteiger partial charge in [0.15, 0.2) is 0 Å². The van der Waals surface area contributed by atoms with Crippen molar-refractivity contribution in [2.24, 2.45) is 13.0 Å². The van der Waals surface area contributed by atoms with Gasteiger partial charge in [0.05, 0.1) is 17.3 Å². The molecule has 70 valence electrons. The zero-order chi connectivity index (χ0) is 9.42. The number of carboxylic acids is 1. The Balaban J connectivity index is 2.27.